The van der Waals surface area contributed by atoms with Gasteiger partial charge in [-0.25, -0.2) is 13.8 Å². The highest BCUT2D eigenvalue weighted by atomic mass is 32.1. The number of carbonyl (C=O) groups is 1. The number of aromatic nitrogens is 1. The average molecular weight is 398 g/mol. The van der Waals surface area contributed by atoms with Crippen LogP contribution in [0.15, 0.2) is 48.7 Å². The van der Waals surface area contributed by atoms with Crippen molar-refractivity contribution in [3.63, 3.8) is 0 Å². The lowest BCUT2D eigenvalue weighted by atomic mass is 10.1. The van der Waals surface area contributed by atoms with E-state index in [1.807, 2.05) is 0 Å². The molecule has 3 rings (SSSR count). The fourth-order valence-electron chi connectivity index (χ4n) is 2.27. The molecule has 2 aromatic carbocycles. The van der Waals surface area contributed by atoms with Crippen molar-refractivity contribution in [3.8, 4) is 0 Å². The standard InChI is InChI=1S/C18H11F5N2OS/c19-13-5-4-10(6-14(13)20)8-24-17-25-9-15(27-17)16(26)11-2-1-3-12(7-11)18(21,22)23/h1-7,9H,8H2,(H,24,25). The quantitative estimate of drug-likeness (QED) is 0.470. The topological polar surface area (TPSA) is 42.0 Å². The van der Waals surface area contributed by atoms with Gasteiger partial charge in [0, 0.05) is 12.1 Å². The summed E-state index contributed by atoms with van der Waals surface area (Å²) in [7, 11) is 0. The van der Waals surface area contributed by atoms with Gasteiger partial charge in [-0.05, 0) is 29.8 Å². The molecule has 0 spiro atoms. The molecule has 0 atom stereocenters. The molecule has 0 aliphatic carbocycles. The minimum Gasteiger partial charge on any atom is -0.357 e. The summed E-state index contributed by atoms with van der Waals surface area (Å²) in [6.07, 6.45) is -3.29. The van der Waals surface area contributed by atoms with Crippen molar-refractivity contribution < 1.29 is 26.7 Å². The maximum absolute atomic E-state index is 13.2. The number of rotatable bonds is 5. The van der Waals surface area contributed by atoms with E-state index in [0.717, 1.165) is 35.6 Å². The zero-order valence-electron chi connectivity index (χ0n) is 13.5. The molecule has 0 fully saturated rings. The molecular weight excluding hydrogens is 387 g/mol. The van der Waals surface area contributed by atoms with Crippen LogP contribution in [-0.2, 0) is 12.7 Å². The van der Waals surface area contributed by atoms with Crippen molar-refractivity contribution in [2.45, 2.75) is 12.7 Å². The molecular formula is C18H11F5N2OS. The zero-order valence-corrected chi connectivity index (χ0v) is 14.3. The molecule has 9 heteroatoms. The Labute approximate surface area is 154 Å². The van der Waals surface area contributed by atoms with Gasteiger partial charge in [0.2, 0.25) is 5.78 Å². The van der Waals surface area contributed by atoms with Crippen molar-refractivity contribution in [3.05, 3.63) is 81.9 Å². The fraction of sp³-hybridized carbons (Fsp3) is 0.111. The van der Waals surface area contributed by atoms with E-state index in [2.05, 4.69) is 10.3 Å². The minimum atomic E-state index is -4.54. The Hall–Kier alpha value is -2.81. The number of alkyl halides is 3. The normalized spacial score (nSPS) is 11.4. The summed E-state index contributed by atoms with van der Waals surface area (Å²) in [5.74, 6) is -2.52. The van der Waals surface area contributed by atoms with Crippen LogP contribution < -0.4 is 5.32 Å². The Morgan fingerprint density at radius 1 is 1.07 bits per heavy atom. The van der Waals surface area contributed by atoms with Crippen LogP contribution in [0.2, 0.25) is 0 Å². The third-order valence-corrected chi connectivity index (χ3v) is 4.56. The number of benzene rings is 2. The van der Waals surface area contributed by atoms with Crippen LogP contribution in [0.5, 0.6) is 0 Å². The first-order valence-corrected chi connectivity index (χ1v) is 8.41. The molecule has 0 aliphatic rings. The molecule has 0 aliphatic heterocycles. The number of hydrogen-bond acceptors (Lipinski definition) is 4. The summed E-state index contributed by atoms with van der Waals surface area (Å²) in [5.41, 5.74) is -0.537. The van der Waals surface area contributed by atoms with Gasteiger partial charge in [0.05, 0.1) is 16.6 Å². The number of nitrogens with one attached hydrogen (secondary N) is 1. The summed E-state index contributed by atoms with van der Waals surface area (Å²) in [4.78, 5) is 16.5. The van der Waals surface area contributed by atoms with Crippen molar-refractivity contribution in [1.82, 2.24) is 4.98 Å². The number of thiazole rings is 1. The predicted octanol–water partition coefficient (Wildman–Crippen LogP) is 5.28. The van der Waals surface area contributed by atoms with Crippen LogP contribution in [-0.4, -0.2) is 10.8 Å². The van der Waals surface area contributed by atoms with Gasteiger partial charge < -0.3 is 5.32 Å². The Bertz CT molecular complexity index is 984. The van der Waals surface area contributed by atoms with Gasteiger partial charge in [0.15, 0.2) is 16.8 Å². The maximum Gasteiger partial charge on any atom is 0.416 e. The molecule has 0 saturated carbocycles. The van der Waals surface area contributed by atoms with E-state index in [1.54, 1.807) is 0 Å². The first-order valence-electron chi connectivity index (χ1n) is 7.59. The highest BCUT2D eigenvalue weighted by molar-refractivity contribution is 7.17. The highest BCUT2D eigenvalue weighted by Crippen LogP contribution is 2.30. The Balaban J connectivity index is 1.71. The minimum absolute atomic E-state index is 0.0966. The smallest absolute Gasteiger partial charge is 0.357 e. The second-order valence-electron chi connectivity index (χ2n) is 5.54. The van der Waals surface area contributed by atoms with Crippen LogP contribution in [0.4, 0.5) is 27.1 Å². The summed E-state index contributed by atoms with van der Waals surface area (Å²) in [5, 5.41) is 3.18. The van der Waals surface area contributed by atoms with Crippen LogP contribution >= 0.6 is 11.3 Å². The van der Waals surface area contributed by atoms with Gasteiger partial charge in [-0.3, -0.25) is 4.79 Å². The molecule has 1 N–H and O–H groups in total. The van der Waals surface area contributed by atoms with Crippen molar-refractivity contribution in [2.24, 2.45) is 0 Å². The molecule has 1 aromatic heterocycles. The summed E-state index contributed by atoms with van der Waals surface area (Å²) < 4.78 is 64.4. The maximum atomic E-state index is 13.2. The lowest BCUT2D eigenvalue weighted by Crippen LogP contribution is -2.07. The molecule has 0 amide bonds. The number of nitrogens with zero attached hydrogens (tertiary/aromatic N) is 1. The average Bonchev–Trinajstić information content (AvgIpc) is 3.10. The van der Waals surface area contributed by atoms with E-state index in [1.165, 1.54) is 24.4 Å². The number of anilines is 1. The summed E-state index contributed by atoms with van der Waals surface area (Å²) in [6, 6.07) is 7.56. The van der Waals surface area contributed by atoms with E-state index < -0.39 is 29.2 Å². The monoisotopic (exact) mass is 398 g/mol. The fourth-order valence-corrected chi connectivity index (χ4v) is 3.04. The Kier molecular flexibility index (Phi) is 5.22. The number of carbonyl (C=O) groups excluding carboxylic acids is 1. The van der Waals surface area contributed by atoms with Gasteiger partial charge >= 0.3 is 6.18 Å². The van der Waals surface area contributed by atoms with Gasteiger partial charge in [0.25, 0.3) is 0 Å². The first-order chi connectivity index (χ1) is 12.7. The lowest BCUT2D eigenvalue weighted by molar-refractivity contribution is -0.137. The molecule has 3 aromatic rings. The highest BCUT2D eigenvalue weighted by Gasteiger charge is 2.31. The second-order valence-corrected chi connectivity index (χ2v) is 6.57. The molecule has 0 unspecified atom stereocenters. The van der Waals surface area contributed by atoms with E-state index in [-0.39, 0.29) is 17.0 Å². The number of ketones is 1. The summed E-state index contributed by atoms with van der Waals surface area (Å²) in [6.45, 7) is 0.141. The van der Waals surface area contributed by atoms with E-state index in [0.29, 0.717) is 10.7 Å². The van der Waals surface area contributed by atoms with Crippen LogP contribution in [0.3, 0.4) is 0 Å². The van der Waals surface area contributed by atoms with Crippen molar-refractivity contribution >= 4 is 22.3 Å². The molecule has 1 heterocycles. The molecule has 0 saturated heterocycles. The molecule has 27 heavy (non-hydrogen) atoms. The second kappa shape index (κ2) is 7.43. The number of hydrogen-bond donors (Lipinski definition) is 1. The van der Waals surface area contributed by atoms with Gasteiger partial charge in [-0.2, -0.15) is 13.2 Å². The van der Waals surface area contributed by atoms with Gasteiger partial charge in [-0.1, -0.05) is 29.5 Å². The van der Waals surface area contributed by atoms with Crippen molar-refractivity contribution in [1.29, 1.82) is 0 Å². The van der Waals surface area contributed by atoms with E-state index >= 15 is 0 Å². The molecule has 3 nitrogen and oxygen atoms in total. The van der Waals surface area contributed by atoms with Gasteiger partial charge in [0.1, 0.15) is 0 Å². The van der Waals surface area contributed by atoms with E-state index in [9.17, 15) is 26.7 Å². The van der Waals surface area contributed by atoms with Crippen LogP contribution in [0, 0.1) is 11.6 Å². The Morgan fingerprint density at radius 3 is 2.56 bits per heavy atom. The number of halogens is 5. The largest absolute Gasteiger partial charge is 0.416 e. The molecule has 140 valence electrons. The SMILES string of the molecule is O=C(c1cccc(C(F)(F)F)c1)c1cnc(NCc2ccc(F)c(F)c2)s1. The summed E-state index contributed by atoms with van der Waals surface area (Å²) >= 11 is 0.955. The van der Waals surface area contributed by atoms with Gasteiger partial charge in [-0.15, -0.1) is 0 Å². The van der Waals surface area contributed by atoms with E-state index in [4.69, 9.17) is 0 Å². The molecule has 0 bridgehead atoms. The van der Waals surface area contributed by atoms with Crippen LogP contribution in [0.25, 0.3) is 0 Å². The third-order valence-electron chi connectivity index (χ3n) is 3.61. The van der Waals surface area contributed by atoms with Crippen molar-refractivity contribution in [2.75, 3.05) is 5.32 Å². The lowest BCUT2D eigenvalue weighted by Gasteiger charge is -2.07. The third kappa shape index (κ3) is 4.48. The van der Waals surface area contributed by atoms with Crippen LogP contribution in [0.1, 0.15) is 26.4 Å². The first kappa shape index (κ1) is 19.0. The predicted molar refractivity (Wildman–Crippen MR) is 90.7 cm³/mol. The zero-order chi connectivity index (χ0) is 19.6. The molecule has 0 radical (unpaired) electrons. The Morgan fingerprint density at radius 2 is 1.85 bits per heavy atom.